The number of benzene rings is 1. The van der Waals surface area contributed by atoms with Gasteiger partial charge in [-0.2, -0.15) is 0 Å². The largest absolute Gasteiger partial charge is 0.485 e. The van der Waals surface area contributed by atoms with Crippen LogP contribution in [0.5, 0.6) is 5.75 Å². The average molecular weight is 571 g/mol. The molecule has 1 saturated carbocycles. The maximum absolute atomic E-state index is 13.7. The number of aliphatic hydroxyl groups is 1. The fourth-order valence-corrected chi connectivity index (χ4v) is 5.37. The second-order valence-corrected chi connectivity index (χ2v) is 11.2. The van der Waals surface area contributed by atoms with E-state index in [0.717, 1.165) is 25.7 Å². The Morgan fingerprint density at radius 1 is 1.20 bits per heavy atom. The number of hydrogen-bond donors (Lipinski definition) is 4. The number of aliphatic hydroxyl groups excluding tert-OH is 1. The van der Waals surface area contributed by atoms with Crippen molar-refractivity contribution in [3.8, 4) is 5.75 Å². The molecule has 0 saturated heterocycles. The summed E-state index contributed by atoms with van der Waals surface area (Å²) in [5.41, 5.74) is 1.73. The Balaban J connectivity index is 1.60. The molecule has 5 amide bonds. The van der Waals surface area contributed by atoms with E-state index in [9.17, 15) is 19.5 Å². The molecule has 0 spiro atoms. The molecule has 41 heavy (non-hydrogen) atoms. The number of amides is 5. The van der Waals surface area contributed by atoms with Gasteiger partial charge in [0.05, 0.1) is 30.4 Å². The van der Waals surface area contributed by atoms with Crippen molar-refractivity contribution < 1.29 is 28.8 Å². The van der Waals surface area contributed by atoms with Crippen LogP contribution in [0.3, 0.4) is 0 Å². The van der Waals surface area contributed by atoms with Gasteiger partial charge >= 0.3 is 12.1 Å². The first kappa shape index (κ1) is 30.2. The fourth-order valence-electron chi connectivity index (χ4n) is 5.37. The van der Waals surface area contributed by atoms with Gasteiger partial charge < -0.3 is 40.1 Å². The maximum Gasteiger partial charge on any atom is 0.321 e. The molecule has 12 heteroatoms. The molecule has 4 N–H and O–H groups in total. The second-order valence-electron chi connectivity index (χ2n) is 11.2. The highest BCUT2D eigenvalue weighted by Gasteiger charge is 2.35. The number of aryl methyl sites for hydroxylation is 2. The Morgan fingerprint density at radius 3 is 2.59 bits per heavy atom. The molecule has 0 unspecified atom stereocenters. The van der Waals surface area contributed by atoms with Crippen LogP contribution in [0.15, 0.2) is 22.7 Å². The van der Waals surface area contributed by atoms with Gasteiger partial charge in [0.1, 0.15) is 17.5 Å². The lowest BCUT2D eigenvalue weighted by Crippen LogP contribution is -2.50. The highest BCUT2D eigenvalue weighted by molar-refractivity contribution is 6.01. The van der Waals surface area contributed by atoms with E-state index in [0.29, 0.717) is 29.4 Å². The zero-order valence-electron chi connectivity index (χ0n) is 24.5. The Labute approximate surface area is 240 Å². The molecule has 1 aromatic carbocycles. The van der Waals surface area contributed by atoms with Crippen LogP contribution in [-0.4, -0.2) is 83.0 Å². The fraction of sp³-hybridized carbons (Fsp3) is 0.586. The molecule has 2 aromatic rings. The third-order valence-electron chi connectivity index (χ3n) is 7.95. The van der Waals surface area contributed by atoms with Crippen molar-refractivity contribution in [3.05, 3.63) is 35.2 Å². The molecule has 2 heterocycles. The van der Waals surface area contributed by atoms with Crippen molar-refractivity contribution in [1.29, 1.82) is 0 Å². The molecule has 0 radical (unpaired) electrons. The van der Waals surface area contributed by atoms with Crippen LogP contribution in [0, 0.1) is 19.8 Å². The number of likely N-dealkylation sites (N-methyl/N-ethyl adjacent to an activating group) is 1. The molecule has 4 rings (SSSR count). The molecule has 1 aromatic heterocycles. The summed E-state index contributed by atoms with van der Waals surface area (Å²) < 4.78 is 11.7. The van der Waals surface area contributed by atoms with Crippen molar-refractivity contribution in [3.63, 3.8) is 0 Å². The first-order valence-corrected chi connectivity index (χ1v) is 14.3. The molecule has 1 aliphatic carbocycles. The molecular formula is C29H42N6O6. The van der Waals surface area contributed by atoms with Gasteiger partial charge in [-0.15, -0.1) is 0 Å². The molecule has 1 aliphatic heterocycles. The number of nitrogens with zero attached hydrogens (tertiary/aromatic N) is 3. The zero-order valence-corrected chi connectivity index (χ0v) is 24.5. The normalized spacial score (nSPS) is 20.2. The topological polar surface area (TPSA) is 149 Å². The van der Waals surface area contributed by atoms with E-state index in [2.05, 4.69) is 21.1 Å². The van der Waals surface area contributed by atoms with E-state index in [1.807, 2.05) is 6.92 Å². The molecule has 2 aliphatic rings. The molecular weight excluding hydrogens is 528 g/mol. The van der Waals surface area contributed by atoms with Gasteiger partial charge in [-0.1, -0.05) is 37.4 Å². The summed E-state index contributed by atoms with van der Waals surface area (Å²) in [6.45, 7) is 7.48. The van der Waals surface area contributed by atoms with E-state index in [-0.39, 0.29) is 54.4 Å². The Bertz CT molecular complexity index is 1220. The highest BCUT2D eigenvalue weighted by atomic mass is 16.5. The molecule has 224 valence electrons. The van der Waals surface area contributed by atoms with Crippen molar-refractivity contribution in [2.75, 3.05) is 37.4 Å². The Kier molecular flexibility index (Phi) is 9.74. The van der Waals surface area contributed by atoms with Crippen LogP contribution < -0.4 is 20.7 Å². The van der Waals surface area contributed by atoms with Gasteiger partial charge in [0.25, 0.3) is 5.91 Å². The standard InChI is InChI=1S/C29H42N6O6/c1-17-14-35(18(2)16-36)27(37)22-12-9-13-23(31-28(38)30-21-10-7-6-8-11-21)26(22)40-24(17)15-34(5)29(39)32-25-19(3)33-41-20(25)4/h9,12-13,17-18,21,24,36H,6-8,10-11,14-16H2,1-5H3,(H,32,39)(H2,30,31,38)/t17-,18+,24+/m1/s1. The molecule has 1 fully saturated rings. The summed E-state index contributed by atoms with van der Waals surface area (Å²) in [6.07, 6.45) is 4.67. The first-order chi connectivity index (χ1) is 19.6. The number of urea groups is 2. The van der Waals surface area contributed by atoms with Gasteiger partial charge in [0.2, 0.25) is 0 Å². The van der Waals surface area contributed by atoms with E-state index >= 15 is 0 Å². The van der Waals surface area contributed by atoms with Crippen molar-refractivity contribution in [2.24, 2.45) is 5.92 Å². The Hall–Kier alpha value is -3.80. The highest BCUT2D eigenvalue weighted by Crippen LogP contribution is 2.35. The van der Waals surface area contributed by atoms with Crippen LogP contribution in [0.25, 0.3) is 0 Å². The number of fused-ring (bicyclic) bond motifs is 1. The minimum atomic E-state index is -0.542. The number of ether oxygens (including phenoxy) is 1. The Morgan fingerprint density at radius 2 is 1.93 bits per heavy atom. The lowest BCUT2D eigenvalue weighted by atomic mass is 9.96. The van der Waals surface area contributed by atoms with E-state index in [1.165, 1.54) is 11.3 Å². The second kappa shape index (κ2) is 13.2. The van der Waals surface area contributed by atoms with Crippen molar-refractivity contribution in [1.82, 2.24) is 20.3 Å². The third-order valence-corrected chi connectivity index (χ3v) is 7.95. The number of carbonyl (C=O) groups excluding carboxylic acids is 3. The van der Waals surface area contributed by atoms with Gasteiger partial charge in [0, 0.05) is 25.6 Å². The van der Waals surface area contributed by atoms with Gasteiger partial charge in [0.15, 0.2) is 11.5 Å². The first-order valence-electron chi connectivity index (χ1n) is 14.3. The summed E-state index contributed by atoms with van der Waals surface area (Å²) in [6, 6.07) is 3.99. The SMILES string of the molecule is Cc1noc(C)c1NC(=O)N(C)C[C@@H]1Oc2c(NC(=O)NC3CCCCC3)cccc2C(=O)N([C@@H](C)CO)C[C@H]1C. The third kappa shape index (κ3) is 7.10. The number of hydrogen-bond acceptors (Lipinski definition) is 7. The van der Waals surface area contributed by atoms with Gasteiger partial charge in [-0.25, -0.2) is 9.59 Å². The molecule has 0 bridgehead atoms. The lowest BCUT2D eigenvalue weighted by Gasteiger charge is -2.38. The monoisotopic (exact) mass is 570 g/mol. The van der Waals surface area contributed by atoms with Crippen LogP contribution in [0.2, 0.25) is 0 Å². The summed E-state index contributed by atoms with van der Waals surface area (Å²) in [5, 5.41) is 22.6. The smallest absolute Gasteiger partial charge is 0.321 e. The number of rotatable bonds is 7. The minimum absolute atomic E-state index is 0.107. The van der Waals surface area contributed by atoms with E-state index in [4.69, 9.17) is 9.26 Å². The lowest BCUT2D eigenvalue weighted by molar-refractivity contribution is 0.0373. The van der Waals surface area contributed by atoms with Crippen LogP contribution in [0.1, 0.15) is 67.8 Å². The van der Waals surface area contributed by atoms with Crippen molar-refractivity contribution in [2.45, 2.75) is 78.0 Å². The van der Waals surface area contributed by atoms with Gasteiger partial charge in [-0.05, 0) is 45.7 Å². The zero-order chi connectivity index (χ0) is 29.7. The summed E-state index contributed by atoms with van der Waals surface area (Å²) in [7, 11) is 1.66. The van der Waals surface area contributed by atoms with E-state index < -0.39 is 12.1 Å². The molecule has 12 nitrogen and oxygen atoms in total. The van der Waals surface area contributed by atoms with Crippen LogP contribution in [0.4, 0.5) is 21.0 Å². The average Bonchev–Trinajstić information content (AvgIpc) is 3.27. The number of anilines is 2. The van der Waals surface area contributed by atoms with Crippen LogP contribution in [-0.2, 0) is 0 Å². The predicted molar refractivity (Wildman–Crippen MR) is 154 cm³/mol. The van der Waals surface area contributed by atoms with Crippen LogP contribution >= 0.6 is 0 Å². The summed E-state index contributed by atoms with van der Waals surface area (Å²) >= 11 is 0. The number of aromatic nitrogens is 1. The number of carbonyl (C=O) groups is 3. The summed E-state index contributed by atoms with van der Waals surface area (Å²) in [4.78, 5) is 42.9. The quantitative estimate of drug-likeness (QED) is 0.391. The molecule has 3 atom stereocenters. The predicted octanol–water partition coefficient (Wildman–Crippen LogP) is 4.13. The summed E-state index contributed by atoms with van der Waals surface area (Å²) in [5.74, 6) is 0.220. The number of nitrogens with one attached hydrogen (secondary N) is 3. The number of para-hydroxylation sites is 1. The minimum Gasteiger partial charge on any atom is -0.485 e. The van der Waals surface area contributed by atoms with E-state index in [1.54, 1.807) is 50.9 Å². The van der Waals surface area contributed by atoms with Crippen molar-refractivity contribution >= 4 is 29.3 Å². The van der Waals surface area contributed by atoms with Gasteiger partial charge in [-0.3, -0.25) is 4.79 Å². The maximum atomic E-state index is 13.7.